The summed E-state index contributed by atoms with van der Waals surface area (Å²) in [6, 6.07) is 0. The second kappa shape index (κ2) is 7.28. The predicted molar refractivity (Wildman–Crippen MR) is 117 cm³/mol. The molecule has 0 heterocycles. The second-order valence-electron chi connectivity index (χ2n) is 11.5. The van der Waals surface area contributed by atoms with Crippen LogP contribution < -0.4 is 0 Å². The fraction of sp³-hybridized carbons (Fsp3) is 1.00. The highest BCUT2D eigenvalue weighted by Crippen LogP contribution is 2.59. The highest BCUT2D eigenvalue weighted by Gasteiger charge is 2.49. The minimum Gasteiger partial charge on any atom is -0.0858 e. The topological polar surface area (TPSA) is 0 Å². The van der Waals surface area contributed by atoms with Gasteiger partial charge in [-0.1, -0.05) is 69.0 Å². The molecule has 0 saturated heterocycles. The number of hydrogen-bond acceptors (Lipinski definition) is 0. The molecule has 0 radical (unpaired) electrons. The standard InChI is InChI=1S/C24H41I/c1-17-6-9-24(10-7-17)8-4-5-20(15-24)22-18(2)11-19-12-21(22)14-23(3,13-19)16-25/h17-22H,4-16H2,1-3H3. The summed E-state index contributed by atoms with van der Waals surface area (Å²) in [7, 11) is 0. The lowest BCUT2D eigenvalue weighted by Gasteiger charge is -2.55. The zero-order valence-electron chi connectivity index (χ0n) is 17.0. The van der Waals surface area contributed by atoms with E-state index in [1.165, 1.54) is 23.7 Å². The van der Waals surface area contributed by atoms with Crippen LogP contribution in [0, 0.1) is 46.3 Å². The summed E-state index contributed by atoms with van der Waals surface area (Å²) in [5.74, 6) is 6.26. The lowest BCUT2D eigenvalue weighted by atomic mass is 9.50. The highest BCUT2D eigenvalue weighted by molar-refractivity contribution is 14.1. The van der Waals surface area contributed by atoms with E-state index in [4.69, 9.17) is 0 Å². The maximum Gasteiger partial charge on any atom is 0.00495 e. The molecule has 6 atom stereocenters. The van der Waals surface area contributed by atoms with Gasteiger partial charge in [0, 0.05) is 4.43 Å². The van der Waals surface area contributed by atoms with Crippen LogP contribution in [-0.2, 0) is 0 Å². The van der Waals surface area contributed by atoms with E-state index in [1.54, 1.807) is 57.8 Å². The molecule has 0 aromatic rings. The van der Waals surface area contributed by atoms with Crippen molar-refractivity contribution >= 4 is 22.6 Å². The van der Waals surface area contributed by atoms with Gasteiger partial charge in [-0.15, -0.1) is 0 Å². The predicted octanol–water partition coefficient (Wildman–Crippen LogP) is 7.89. The van der Waals surface area contributed by atoms with Gasteiger partial charge >= 0.3 is 0 Å². The molecule has 4 saturated carbocycles. The molecule has 6 unspecified atom stereocenters. The van der Waals surface area contributed by atoms with Crippen LogP contribution >= 0.6 is 22.6 Å². The Balaban J connectivity index is 1.50. The molecule has 0 aliphatic heterocycles. The summed E-state index contributed by atoms with van der Waals surface area (Å²) in [6.45, 7) is 7.74. The average molecular weight is 456 g/mol. The normalized spacial score (nSPS) is 53.8. The molecule has 2 bridgehead atoms. The van der Waals surface area contributed by atoms with Crippen LogP contribution in [0.3, 0.4) is 0 Å². The van der Waals surface area contributed by atoms with E-state index in [0.717, 1.165) is 40.9 Å². The third kappa shape index (κ3) is 3.83. The number of fused-ring (bicyclic) bond motifs is 2. The molecule has 0 N–H and O–H groups in total. The first-order valence-electron chi connectivity index (χ1n) is 11.5. The van der Waals surface area contributed by atoms with Crippen molar-refractivity contribution in [2.75, 3.05) is 4.43 Å². The van der Waals surface area contributed by atoms with Gasteiger partial charge in [0.25, 0.3) is 0 Å². The number of rotatable bonds is 2. The second-order valence-corrected chi connectivity index (χ2v) is 12.3. The Morgan fingerprint density at radius 2 is 1.64 bits per heavy atom. The molecular formula is C24H41I. The summed E-state index contributed by atoms with van der Waals surface area (Å²) < 4.78 is 1.38. The van der Waals surface area contributed by atoms with E-state index in [2.05, 4.69) is 43.4 Å². The fourth-order valence-electron chi connectivity index (χ4n) is 8.24. The van der Waals surface area contributed by atoms with E-state index >= 15 is 0 Å². The van der Waals surface area contributed by atoms with Crippen LogP contribution in [0.4, 0.5) is 0 Å². The summed E-state index contributed by atoms with van der Waals surface area (Å²) in [5, 5.41) is 0. The van der Waals surface area contributed by atoms with Gasteiger partial charge in [-0.25, -0.2) is 0 Å². The lowest BCUT2D eigenvalue weighted by molar-refractivity contribution is -0.0467. The summed E-state index contributed by atoms with van der Waals surface area (Å²) in [6.07, 6.45) is 18.6. The zero-order chi connectivity index (χ0) is 17.7. The molecule has 0 nitrogen and oxygen atoms in total. The van der Waals surface area contributed by atoms with Gasteiger partial charge in [0.1, 0.15) is 0 Å². The Kier molecular flexibility index (Phi) is 5.55. The summed E-state index contributed by atoms with van der Waals surface area (Å²) >= 11 is 2.68. The minimum atomic E-state index is 0.652. The number of halogens is 1. The molecule has 4 aliphatic rings. The van der Waals surface area contributed by atoms with Crippen LogP contribution in [0.1, 0.15) is 97.8 Å². The minimum absolute atomic E-state index is 0.652. The van der Waals surface area contributed by atoms with Gasteiger partial charge < -0.3 is 0 Å². The van der Waals surface area contributed by atoms with E-state index in [0.29, 0.717) is 5.41 Å². The van der Waals surface area contributed by atoms with Crippen LogP contribution in [0.2, 0.25) is 0 Å². The van der Waals surface area contributed by atoms with Crippen LogP contribution in [0.25, 0.3) is 0 Å². The maximum absolute atomic E-state index is 2.68. The molecule has 4 fully saturated rings. The molecule has 25 heavy (non-hydrogen) atoms. The van der Waals surface area contributed by atoms with Crippen molar-refractivity contribution in [1.29, 1.82) is 0 Å². The van der Waals surface area contributed by atoms with Crippen LogP contribution in [0.5, 0.6) is 0 Å². The first kappa shape index (κ1) is 19.1. The molecule has 1 heteroatoms. The van der Waals surface area contributed by atoms with Crippen molar-refractivity contribution < 1.29 is 0 Å². The van der Waals surface area contributed by atoms with E-state index in [9.17, 15) is 0 Å². The Hall–Kier alpha value is 0.730. The average Bonchev–Trinajstić information content (AvgIpc) is 2.57. The molecule has 0 aromatic carbocycles. The van der Waals surface area contributed by atoms with Crippen molar-refractivity contribution in [1.82, 2.24) is 0 Å². The first-order valence-corrected chi connectivity index (χ1v) is 13.0. The van der Waals surface area contributed by atoms with Crippen molar-refractivity contribution in [2.45, 2.75) is 97.8 Å². The SMILES string of the molecule is CC1CCC2(CCCC(C3C(C)CC4CC3CC(C)(CI)C4)C2)CC1. The van der Waals surface area contributed by atoms with Gasteiger partial charge in [-0.2, -0.15) is 0 Å². The van der Waals surface area contributed by atoms with E-state index in [-0.39, 0.29) is 0 Å². The molecular weight excluding hydrogens is 415 g/mol. The largest absolute Gasteiger partial charge is 0.0858 e. The quantitative estimate of drug-likeness (QED) is 0.293. The fourth-order valence-corrected chi connectivity index (χ4v) is 8.87. The monoisotopic (exact) mass is 456 g/mol. The highest BCUT2D eigenvalue weighted by atomic mass is 127. The van der Waals surface area contributed by atoms with Crippen LogP contribution in [-0.4, -0.2) is 4.43 Å². The smallest absolute Gasteiger partial charge is 0.00495 e. The summed E-state index contributed by atoms with van der Waals surface area (Å²) in [4.78, 5) is 0. The first-order chi connectivity index (χ1) is 11.9. The molecule has 144 valence electrons. The molecule has 1 spiro atoms. The van der Waals surface area contributed by atoms with E-state index in [1.807, 2.05) is 0 Å². The summed E-state index contributed by atoms with van der Waals surface area (Å²) in [5.41, 5.74) is 1.42. The lowest BCUT2D eigenvalue weighted by Crippen LogP contribution is -2.46. The third-order valence-electron chi connectivity index (χ3n) is 9.26. The third-order valence-corrected chi connectivity index (χ3v) is 11.1. The Bertz CT molecular complexity index is 461. The number of hydrogen-bond donors (Lipinski definition) is 0. The van der Waals surface area contributed by atoms with Gasteiger partial charge in [0.2, 0.25) is 0 Å². The molecule has 4 rings (SSSR count). The van der Waals surface area contributed by atoms with E-state index < -0.39 is 0 Å². The van der Waals surface area contributed by atoms with Gasteiger partial charge in [0.15, 0.2) is 0 Å². The zero-order valence-corrected chi connectivity index (χ0v) is 19.2. The Morgan fingerprint density at radius 3 is 2.36 bits per heavy atom. The maximum atomic E-state index is 2.68. The van der Waals surface area contributed by atoms with Gasteiger partial charge in [-0.3, -0.25) is 0 Å². The molecule has 0 aromatic heterocycles. The van der Waals surface area contributed by atoms with Crippen molar-refractivity contribution in [3.63, 3.8) is 0 Å². The van der Waals surface area contributed by atoms with Gasteiger partial charge in [-0.05, 0) is 97.7 Å². The van der Waals surface area contributed by atoms with Gasteiger partial charge in [0.05, 0.1) is 0 Å². The van der Waals surface area contributed by atoms with Crippen molar-refractivity contribution in [3.05, 3.63) is 0 Å². The molecule has 4 aliphatic carbocycles. The Morgan fingerprint density at radius 1 is 0.880 bits per heavy atom. The molecule has 0 amide bonds. The number of alkyl halides is 1. The van der Waals surface area contributed by atoms with Crippen molar-refractivity contribution in [2.24, 2.45) is 46.3 Å². The Labute approximate surface area is 170 Å². The van der Waals surface area contributed by atoms with Crippen molar-refractivity contribution in [3.8, 4) is 0 Å². The van der Waals surface area contributed by atoms with Crippen LogP contribution in [0.15, 0.2) is 0 Å².